The van der Waals surface area contributed by atoms with Gasteiger partial charge < -0.3 is 9.64 Å². The molecule has 2 nitrogen and oxygen atoms in total. The molecule has 0 saturated heterocycles. The van der Waals surface area contributed by atoms with Crippen LogP contribution in [0.5, 0.6) is 0 Å². The van der Waals surface area contributed by atoms with Crippen LogP contribution in [0.2, 0.25) is 0 Å². The van der Waals surface area contributed by atoms with Crippen LogP contribution in [-0.2, 0) is 11.3 Å². The zero-order valence-electron chi connectivity index (χ0n) is 10.9. The molecule has 0 atom stereocenters. The number of nitrogens with zero attached hydrogens (tertiary/aromatic N) is 1. The molecule has 1 heterocycles. The summed E-state index contributed by atoms with van der Waals surface area (Å²) in [6.07, 6.45) is 0. The van der Waals surface area contributed by atoms with E-state index in [2.05, 4.69) is 60.5 Å². The molecule has 0 aliphatic carbocycles. The molecule has 1 aliphatic rings. The number of rotatable bonds is 0. The fourth-order valence-corrected chi connectivity index (χ4v) is 2.93. The Morgan fingerprint density at radius 2 is 1.74 bits per heavy atom. The Kier molecular flexibility index (Phi) is 2.26. The lowest BCUT2D eigenvalue weighted by Crippen LogP contribution is -2.26. The van der Waals surface area contributed by atoms with Gasteiger partial charge in [0.15, 0.2) is 0 Å². The first kappa shape index (κ1) is 10.8. The minimum absolute atomic E-state index is 0.673. The highest BCUT2D eigenvalue weighted by atomic mass is 16.5. The summed E-state index contributed by atoms with van der Waals surface area (Å²) in [5.74, 6) is 0. The van der Waals surface area contributed by atoms with Crippen molar-refractivity contribution in [3.63, 3.8) is 0 Å². The first-order valence-corrected chi connectivity index (χ1v) is 6.56. The molecule has 3 aromatic carbocycles. The quantitative estimate of drug-likeness (QED) is 0.560. The largest absolute Gasteiger partial charge is 0.356 e. The maximum Gasteiger partial charge on any atom is 0.119 e. The number of anilines is 1. The molecule has 0 aromatic heterocycles. The molecule has 0 radical (unpaired) electrons. The summed E-state index contributed by atoms with van der Waals surface area (Å²) in [5, 5.41) is 5.18. The highest BCUT2D eigenvalue weighted by Crippen LogP contribution is 2.34. The van der Waals surface area contributed by atoms with Crippen molar-refractivity contribution in [1.29, 1.82) is 0 Å². The molecule has 3 aromatic rings. The molecule has 2 heteroatoms. The van der Waals surface area contributed by atoms with Gasteiger partial charge in [-0.25, -0.2) is 0 Å². The maximum absolute atomic E-state index is 5.65. The summed E-state index contributed by atoms with van der Waals surface area (Å²) in [7, 11) is 2.07. The molecule has 0 bridgehead atoms. The number of benzene rings is 3. The van der Waals surface area contributed by atoms with Gasteiger partial charge in [-0.15, -0.1) is 0 Å². The van der Waals surface area contributed by atoms with Crippen molar-refractivity contribution < 1.29 is 4.74 Å². The predicted molar refractivity (Wildman–Crippen MR) is 79.5 cm³/mol. The van der Waals surface area contributed by atoms with Crippen molar-refractivity contribution in [3.05, 3.63) is 54.1 Å². The number of fused-ring (bicyclic) bond motifs is 4. The smallest absolute Gasteiger partial charge is 0.119 e. The monoisotopic (exact) mass is 249 g/mol. The summed E-state index contributed by atoms with van der Waals surface area (Å²) < 4.78 is 5.65. The zero-order chi connectivity index (χ0) is 12.8. The number of ether oxygens (including phenoxy) is 1. The Balaban J connectivity index is 2.10. The molecule has 0 unspecified atom stereocenters. The van der Waals surface area contributed by atoms with Gasteiger partial charge >= 0.3 is 0 Å². The van der Waals surface area contributed by atoms with E-state index >= 15 is 0 Å². The van der Waals surface area contributed by atoms with Crippen molar-refractivity contribution in [2.75, 3.05) is 18.7 Å². The van der Waals surface area contributed by atoms with E-state index in [9.17, 15) is 0 Å². The van der Waals surface area contributed by atoms with Crippen molar-refractivity contribution in [2.24, 2.45) is 0 Å². The lowest BCUT2D eigenvalue weighted by molar-refractivity contribution is 0.115. The normalized spacial score (nSPS) is 14.9. The molecule has 0 spiro atoms. The Bertz CT molecular complexity index is 779. The SMILES string of the molecule is CN1COCc2c1ccc1cc3ccccc3cc21. The standard InChI is InChI=1S/C17H15NO/c1-18-11-19-10-16-15-9-13-5-3-2-4-12(13)8-14(15)6-7-17(16)18/h2-9H,10-11H2,1H3. The highest BCUT2D eigenvalue weighted by molar-refractivity contribution is 6.01. The molecule has 94 valence electrons. The molecule has 0 amide bonds. The van der Waals surface area contributed by atoms with Gasteiger partial charge in [0.1, 0.15) is 6.73 Å². The lowest BCUT2D eigenvalue weighted by atomic mass is 9.98. The third kappa shape index (κ3) is 1.60. The van der Waals surface area contributed by atoms with Crippen LogP contribution in [0.25, 0.3) is 21.5 Å². The summed E-state index contributed by atoms with van der Waals surface area (Å²) in [6.45, 7) is 1.38. The van der Waals surface area contributed by atoms with E-state index in [4.69, 9.17) is 4.74 Å². The summed E-state index contributed by atoms with van der Waals surface area (Å²) in [4.78, 5) is 2.16. The number of hydrogen-bond donors (Lipinski definition) is 0. The van der Waals surface area contributed by atoms with E-state index in [1.165, 1.54) is 32.8 Å². The average Bonchev–Trinajstić information content (AvgIpc) is 2.45. The predicted octanol–water partition coefficient (Wildman–Crippen LogP) is 3.92. The van der Waals surface area contributed by atoms with E-state index in [1.807, 2.05) is 0 Å². The molecule has 4 rings (SSSR count). The summed E-state index contributed by atoms with van der Waals surface area (Å²) >= 11 is 0. The van der Waals surface area contributed by atoms with E-state index < -0.39 is 0 Å². The number of hydrogen-bond acceptors (Lipinski definition) is 2. The van der Waals surface area contributed by atoms with E-state index in [-0.39, 0.29) is 0 Å². The average molecular weight is 249 g/mol. The first-order chi connectivity index (χ1) is 9.33. The zero-order valence-corrected chi connectivity index (χ0v) is 10.9. The van der Waals surface area contributed by atoms with Gasteiger partial charge in [-0.05, 0) is 39.7 Å². The van der Waals surface area contributed by atoms with Crippen LogP contribution in [0.3, 0.4) is 0 Å². The minimum atomic E-state index is 0.673. The van der Waals surface area contributed by atoms with Crippen LogP contribution in [0.4, 0.5) is 5.69 Å². The highest BCUT2D eigenvalue weighted by Gasteiger charge is 2.16. The van der Waals surface area contributed by atoms with Gasteiger partial charge in [-0.2, -0.15) is 0 Å². The van der Waals surface area contributed by atoms with Crippen LogP contribution in [0, 0.1) is 0 Å². The van der Waals surface area contributed by atoms with Gasteiger partial charge in [0.25, 0.3) is 0 Å². The van der Waals surface area contributed by atoms with Gasteiger partial charge in [-0.1, -0.05) is 30.3 Å². The third-order valence-corrected chi connectivity index (χ3v) is 3.92. The van der Waals surface area contributed by atoms with Crippen LogP contribution in [-0.4, -0.2) is 13.8 Å². The van der Waals surface area contributed by atoms with E-state index in [1.54, 1.807) is 0 Å². The van der Waals surface area contributed by atoms with Crippen LogP contribution in [0.15, 0.2) is 48.5 Å². The Hall–Kier alpha value is -2.06. The Labute approximate surface area is 112 Å². The third-order valence-electron chi connectivity index (χ3n) is 3.92. The summed E-state index contributed by atoms with van der Waals surface area (Å²) in [5.41, 5.74) is 2.59. The summed E-state index contributed by atoms with van der Waals surface area (Å²) in [6, 6.07) is 17.5. The second-order valence-corrected chi connectivity index (χ2v) is 5.16. The first-order valence-electron chi connectivity index (χ1n) is 6.56. The van der Waals surface area contributed by atoms with Crippen molar-refractivity contribution in [2.45, 2.75) is 6.61 Å². The minimum Gasteiger partial charge on any atom is -0.356 e. The second kappa shape index (κ2) is 3.97. The molecular formula is C17H15NO. The fourth-order valence-electron chi connectivity index (χ4n) is 2.93. The molecule has 0 N–H and O–H groups in total. The molecule has 0 saturated carbocycles. The van der Waals surface area contributed by atoms with Crippen LogP contribution >= 0.6 is 0 Å². The molecule has 0 fully saturated rings. The van der Waals surface area contributed by atoms with Crippen molar-refractivity contribution in [3.8, 4) is 0 Å². The lowest BCUT2D eigenvalue weighted by Gasteiger charge is -2.28. The molecule has 1 aliphatic heterocycles. The van der Waals surface area contributed by atoms with Crippen molar-refractivity contribution >= 4 is 27.2 Å². The van der Waals surface area contributed by atoms with Gasteiger partial charge in [0.2, 0.25) is 0 Å². The maximum atomic E-state index is 5.65. The van der Waals surface area contributed by atoms with Crippen LogP contribution < -0.4 is 4.90 Å². The Morgan fingerprint density at radius 3 is 2.58 bits per heavy atom. The fraction of sp³-hybridized carbons (Fsp3) is 0.176. The van der Waals surface area contributed by atoms with Gasteiger partial charge in [0, 0.05) is 18.3 Å². The topological polar surface area (TPSA) is 12.5 Å². The van der Waals surface area contributed by atoms with Gasteiger partial charge in [0.05, 0.1) is 6.61 Å². The van der Waals surface area contributed by atoms with Crippen molar-refractivity contribution in [1.82, 2.24) is 0 Å². The van der Waals surface area contributed by atoms with E-state index in [0.717, 1.165) is 0 Å². The molecular weight excluding hydrogens is 234 g/mol. The Morgan fingerprint density at radius 1 is 0.947 bits per heavy atom. The second-order valence-electron chi connectivity index (χ2n) is 5.16. The van der Waals surface area contributed by atoms with E-state index in [0.29, 0.717) is 13.3 Å². The van der Waals surface area contributed by atoms with Crippen LogP contribution in [0.1, 0.15) is 5.56 Å². The van der Waals surface area contributed by atoms with Gasteiger partial charge in [-0.3, -0.25) is 0 Å². The molecule has 19 heavy (non-hydrogen) atoms.